The first kappa shape index (κ1) is 15.2. The number of halogens is 1. The number of nitrogens with zero attached hydrogens (tertiary/aromatic N) is 1. The van der Waals surface area contributed by atoms with Gasteiger partial charge in [0.25, 0.3) is 0 Å². The van der Waals surface area contributed by atoms with E-state index in [1.54, 1.807) is 6.07 Å². The van der Waals surface area contributed by atoms with Gasteiger partial charge in [-0.25, -0.2) is 4.39 Å². The molecule has 1 saturated heterocycles. The molecule has 1 aromatic carbocycles. The molecular weight excluding hydrogens is 259 g/mol. The van der Waals surface area contributed by atoms with E-state index < -0.39 is 5.60 Å². The Kier molecular flexibility index (Phi) is 4.96. The fourth-order valence-corrected chi connectivity index (χ4v) is 2.75. The zero-order valence-electron chi connectivity index (χ0n) is 12.2. The minimum Gasteiger partial charge on any atom is -0.388 e. The normalized spacial score (nSPS) is 18.0. The van der Waals surface area contributed by atoms with Crippen LogP contribution in [-0.2, 0) is 11.3 Å². The van der Waals surface area contributed by atoms with Gasteiger partial charge in [-0.05, 0) is 18.7 Å². The van der Waals surface area contributed by atoms with Gasteiger partial charge in [0, 0.05) is 46.2 Å². The summed E-state index contributed by atoms with van der Waals surface area (Å²) in [6.07, 6.45) is 1.18. The minimum absolute atomic E-state index is 0.254. The third kappa shape index (κ3) is 3.48. The summed E-state index contributed by atoms with van der Waals surface area (Å²) in [4.78, 5) is 1.81. The number of ether oxygens (including phenoxy) is 1. The van der Waals surface area contributed by atoms with Crippen LogP contribution in [0.4, 0.5) is 10.1 Å². The number of nitrogens with one attached hydrogen (secondary N) is 1. The maximum Gasteiger partial charge on any atom is 0.146 e. The van der Waals surface area contributed by atoms with E-state index in [0.29, 0.717) is 44.8 Å². The molecule has 0 radical (unpaired) electrons. The topological polar surface area (TPSA) is 44.7 Å². The van der Waals surface area contributed by atoms with Gasteiger partial charge in [-0.3, -0.25) is 0 Å². The van der Waals surface area contributed by atoms with Crippen LogP contribution in [0.1, 0.15) is 18.4 Å². The molecule has 0 saturated carbocycles. The van der Waals surface area contributed by atoms with Gasteiger partial charge in [0.1, 0.15) is 5.82 Å². The second-order valence-corrected chi connectivity index (χ2v) is 5.47. The van der Waals surface area contributed by atoms with Gasteiger partial charge in [0.15, 0.2) is 0 Å². The lowest BCUT2D eigenvalue weighted by atomic mass is 9.93. The molecule has 2 rings (SSSR count). The summed E-state index contributed by atoms with van der Waals surface area (Å²) in [6, 6.07) is 5.07. The van der Waals surface area contributed by atoms with Crippen molar-refractivity contribution in [3.63, 3.8) is 0 Å². The molecule has 1 aliphatic heterocycles. The highest BCUT2D eigenvalue weighted by atomic mass is 19.1. The first-order valence-electron chi connectivity index (χ1n) is 6.99. The van der Waals surface area contributed by atoms with Crippen LogP contribution in [0, 0.1) is 5.82 Å². The van der Waals surface area contributed by atoms with Gasteiger partial charge < -0.3 is 20.1 Å². The van der Waals surface area contributed by atoms with Crippen molar-refractivity contribution in [3.8, 4) is 0 Å². The van der Waals surface area contributed by atoms with E-state index in [1.807, 2.05) is 25.1 Å². The quantitative estimate of drug-likeness (QED) is 0.859. The van der Waals surface area contributed by atoms with E-state index in [0.717, 1.165) is 5.56 Å². The highest BCUT2D eigenvalue weighted by Crippen LogP contribution is 2.28. The van der Waals surface area contributed by atoms with E-state index >= 15 is 0 Å². The highest BCUT2D eigenvalue weighted by molar-refractivity contribution is 5.54. The Balaban J connectivity index is 2.17. The third-order valence-electron chi connectivity index (χ3n) is 3.77. The summed E-state index contributed by atoms with van der Waals surface area (Å²) in [5, 5.41) is 13.6. The molecule has 5 heteroatoms. The molecule has 1 aliphatic rings. The Morgan fingerprint density at radius 2 is 2.10 bits per heavy atom. The summed E-state index contributed by atoms with van der Waals surface area (Å²) >= 11 is 0. The number of rotatable bonds is 5. The van der Waals surface area contributed by atoms with Crippen LogP contribution in [0.5, 0.6) is 0 Å². The summed E-state index contributed by atoms with van der Waals surface area (Å²) in [7, 11) is 3.66. The number of benzene rings is 1. The Morgan fingerprint density at radius 3 is 2.75 bits per heavy atom. The van der Waals surface area contributed by atoms with E-state index in [1.165, 1.54) is 6.07 Å². The molecule has 112 valence electrons. The molecule has 0 spiro atoms. The van der Waals surface area contributed by atoms with Crippen LogP contribution >= 0.6 is 0 Å². The van der Waals surface area contributed by atoms with Crippen LogP contribution in [0.25, 0.3) is 0 Å². The van der Waals surface area contributed by atoms with Crippen LogP contribution in [0.15, 0.2) is 18.2 Å². The molecule has 0 aromatic heterocycles. The zero-order valence-corrected chi connectivity index (χ0v) is 12.2. The number of aliphatic hydroxyl groups is 1. The van der Waals surface area contributed by atoms with Gasteiger partial charge in [0.2, 0.25) is 0 Å². The van der Waals surface area contributed by atoms with Crippen molar-refractivity contribution >= 4 is 5.69 Å². The van der Waals surface area contributed by atoms with Gasteiger partial charge in [0.05, 0.1) is 11.3 Å². The number of hydrogen-bond acceptors (Lipinski definition) is 4. The zero-order chi connectivity index (χ0) is 14.6. The average molecular weight is 282 g/mol. The number of anilines is 1. The van der Waals surface area contributed by atoms with Gasteiger partial charge in [-0.2, -0.15) is 0 Å². The molecule has 0 atom stereocenters. The molecule has 20 heavy (non-hydrogen) atoms. The second-order valence-electron chi connectivity index (χ2n) is 5.47. The second kappa shape index (κ2) is 6.52. The smallest absolute Gasteiger partial charge is 0.146 e. The van der Waals surface area contributed by atoms with Crippen molar-refractivity contribution in [2.45, 2.75) is 25.0 Å². The fraction of sp³-hybridized carbons (Fsp3) is 0.600. The van der Waals surface area contributed by atoms with Crippen LogP contribution in [0.2, 0.25) is 0 Å². The summed E-state index contributed by atoms with van der Waals surface area (Å²) < 4.78 is 19.4. The first-order valence-corrected chi connectivity index (χ1v) is 6.99. The Bertz CT molecular complexity index is 447. The van der Waals surface area contributed by atoms with E-state index in [9.17, 15) is 9.50 Å². The largest absolute Gasteiger partial charge is 0.388 e. The van der Waals surface area contributed by atoms with Crippen molar-refractivity contribution in [2.75, 3.05) is 38.8 Å². The Labute approximate surface area is 119 Å². The van der Waals surface area contributed by atoms with Gasteiger partial charge in [-0.15, -0.1) is 0 Å². The molecule has 1 aromatic rings. The Morgan fingerprint density at radius 1 is 1.40 bits per heavy atom. The van der Waals surface area contributed by atoms with Crippen molar-refractivity contribution in [1.82, 2.24) is 5.32 Å². The van der Waals surface area contributed by atoms with E-state index in [-0.39, 0.29) is 5.82 Å². The lowest BCUT2D eigenvalue weighted by Gasteiger charge is -2.36. The Hall–Kier alpha value is -1.17. The van der Waals surface area contributed by atoms with Crippen LogP contribution in [-0.4, -0.2) is 44.6 Å². The SMILES string of the molecule is CNCc1cccc(F)c1N(C)CC1(O)CCOCC1. The van der Waals surface area contributed by atoms with Crippen LogP contribution in [0.3, 0.4) is 0 Å². The molecule has 1 fully saturated rings. The van der Waals surface area contributed by atoms with Crippen molar-refractivity contribution in [3.05, 3.63) is 29.6 Å². The van der Waals surface area contributed by atoms with E-state index in [2.05, 4.69) is 5.32 Å². The predicted molar refractivity (Wildman–Crippen MR) is 77.4 cm³/mol. The number of likely N-dealkylation sites (N-methyl/N-ethyl adjacent to an activating group) is 1. The molecule has 1 heterocycles. The maximum atomic E-state index is 14.1. The predicted octanol–water partition coefficient (Wildman–Crippen LogP) is 1.52. The van der Waals surface area contributed by atoms with Gasteiger partial charge in [-0.1, -0.05) is 12.1 Å². The first-order chi connectivity index (χ1) is 9.56. The van der Waals surface area contributed by atoms with Crippen molar-refractivity contribution in [1.29, 1.82) is 0 Å². The maximum absolute atomic E-state index is 14.1. The van der Waals surface area contributed by atoms with Crippen molar-refractivity contribution < 1.29 is 14.2 Å². The summed E-state index contributed by atoms with van der Waals surface area (Å²) in [5.74, 6) is -0.254. The third-order valence-corrected chi connectivity index (χ3v) is 3.77. The fourth-order valence-electron chi connectivity index (χ4n) is 2.75. The van der Waals surface area contributed by atoms with Crippen molar-refractivity contribution in [2.24, 2.45) is 0 Å². The standard InChI is InChI=1S/C15H23FN2O2/c1-17-10-12-4-3-5-13(16)14(12)18(2)11-15(19)6-8-20-9-7-15/h3-5,17,19H,6-11H2,1-2H3. The molecular formula is C15H23FN2O2. The molecule has 4 nitrogen and oxygen atoms in total. The lowest BCUT2D eigenvalue weighted by Crippen LogP contribution is -2.46. The van der Waals surface area contributed by atoms with Gasteiger partial charge >= 0.3 is 0 Å². The molecule has 2 N–H and O–H groups in total. The molecule has 0 unspecified atom stereocenters. The number of hydrogen-bond donors (Lipinski definition) is 2. The minimum atomic E-state index is -0.799. The molecule has 0 aliphatic carbocycles. The monoisotopic (exact) mass is 282 g/mol. The molecule has 0 bridgehead atoms. The average Bonchev–Trinajstić information content (AvgIpc) is 2.39. The summed E-state index contributed by atoms with van der Waals surface area (Å²) in [6.45, 7) is 2.13. The highest BCUT2D eigenvalue weighted by Gasteiger charge is 2.32. The van der Waals surface area contributed by atoms with E-state index in [4.69, 9.17) is 4.74 Å². The lowest BCUT2D eigenvalue weighted by molar-refractivity contribution is -0.0573. The van der Waals surface area contributed by atoms with Crippen LogP contribution < -0.4 is 10.2 Å². The number of para-hydroxylation sites is 1. The summed E-state index contributed by atoms with van der Waals surface area (Å²) in [5.41, 5.74) is 0.652. The molecule has 0 amide bonds.